The van der Waals surface area contributed by atoms with E-state index in [0.29, 0.717) is 0 Å². The molecule has 2 heterocycles. The maximum atomic E-state index is 5.58. The Morgan fingerprint density at radius 3 is 2.26 bits per heavy atom. The van der Waals surface area contributed by atoms with Crippen LogP contribution < -0.4 is 35.9 Å². The Kier molecular flexibility index (Phi) is 4.12. The molecule has 4 aromatic rings. The lowest BCUT2D eigenvalue weighted by Gasteiger charge is -2.11. The van der Waals surface area contributed by atoms with Crippen LogP contribution in [0.15, 0.2) is 42.6 Å². The monoisotopic (exact) mass is 383 g/mol. The van der Waals surface area contributed by atoms with E-state index in [-0.39, 0.29) is 19.2 Å². The van der Waals surface area contributed by atoms with Gasteiger partial charge in [-0.15, -0.1) is 0 Å². The van der Waals surface area contributed by atoms with Crippen LogP contribution in [0.2, 0.25) is 0 Å². The highest BCUT2D eigenvalue weighted by Crippen LogP contribution is 2.40. The van der Waals surface area contributed by atoms with Crippen molar-refractivity contribution in [3.8, 4) is 23.0 Å². The molecule has 0 atom stereocenters. The van der Waals surface area contributed by atoms with Crippen molar-refractivity contribution in [1.29, 1.82) is 0 Å². The van der Waals surface area contributed by atoms with E-state index in [4.69, 9.17) is 18.9 Å². The lowest BCUT2D eigenvalue weighted by molar-refractivity contribution is -0.642. The highest BCUT2D eigenvalue weighted by Gasteiger charge is 2.20. The second-order valence-electron chi connectivity index (χ2n) is 6.42. The Hall–Kier alpha value is -2.92. The van der Waals surface area contributed by atoms with Gasteiger partial charge in [-0.25, -0.2) is 0 Å². The van der Waals surface area contributed by atoms with Gasteiger partial charge in [0.2, 0.25) is 12.3 Å². The van der Waals surface area contributed by atoms with Crippen molar-refractivity contribution in [1.82, 2.24) is 0 Å². The molecule has 5 rings (SSSR count). The SMILES string of the molecule is COc1cc2c[n+](C)c3c4cc5c(cc4ccc3c2cc1OC)OCO5.[Cl-]. The molecule has 138 valence electrons. The van der Waals surface area contributed by atoms with Crippen LogP contribution in [0.25, 0.3) is 32.4 Å². The van der Waals surface area contributed by atoms with Gasteiger partial charge >= 0.3 is 0 Å². The summed E-state index contributed by atoms with van der Waals surface area (Å²) in [5, 5.41) is 5.62. The smallest absolute Gasteiger partial charge is 0.231 e. The maximum absolute atomic E-state index is 5.58. The minimum Gasteiger partial charge on any atom is -1.00 e. The topological polar surface area (TPSA) is 40.8 Å². The zero-order chi connectivity index (χ0) is 17.8. The summed E-state index contributed by atoms with van der Waals surface area (Å²) in [6.07, 6.45) is 2.11. The molecule has 0 spiro atoms. The number of nitrogens with zero attached hydrogens (tertiary/aromatic N) is 1. The molecule has 0 saturated heterocycles. The van der Waals surface area contributed by atoms with Crippen LogP contribution in [-0.4, -0.2) is 21.0 Å². The lowest BCUT2D eigenvalue weighted by Crippen LogP contribution is -3.00. The fourth-order valence-corrected chi connectivity index (χ4v) is 3.80. The number of benzene rings is 3. The minimum absolute atomic E-state index is 0. The first-order valence-electron chi connectivity index (χ1n) is 8.40. The fourth-order valence-electron chi connectivity index (χ4n) is 3.80. The van der Waals surface area contributed by atoms with Gasteiger partial charge in [-0.3, -0.25) is 0 Å². The summed E-state index contributed by atoms with van der Waals surface area (Å²) in [7, 11) is 5.37. The summed E-state index contributed by atoms with van der Waals surface area (Å²) >= 11 is 0. The number of aromatic nitrogens is 1. The predicted molar refractivity (Wildman–Crippen MR) is 99.4 cm³/mol. The number of pyridine rings is 1. The summed E-state index contributed by atoms with van der Waals surface area (Å²) in [5.41, 5.74) is 1.14. The van der Waals surface area contributed by atoms with Crippen LogP contribution >= 0.6 is 0 Å². The first-order valence-corrected chi connectivity index (χ1v) is 8.40. The summed E-state index contributed by atoms with van der Waals surface area (Å²) in [5.74, 6) is 3.04. The Morgan fingerprint density at radius 1 is 0.815 bits per heavy atom. The molecule has 0 aliphatic carbocycles. The summed E-state index contributed by atoms with van der Waals surface area (Å²) in [6.45, 7) is 0.273. The van der Waals surface area contributed by atoms with Gasteiger partial charge in [-0.2, -0.15) is 4.57 Å². The molecule has 0 unspecified atom stereocenters. The van der Waals surface area contributed by atoms with E-state index < -0.39 is 0 Å². The van der Waals surface area contributed by atoms with Gasteiger partial charge in [0.25, 0.3) is 0 Å². The average Bonchev–Trinajstić information content (AvgIpc) is 3.12. The molecule has 1 aliphatic rings. The van der Waals surface area contributed by atoms with E-state index in [0.717, 1.165) is 55.4 Å². The molecule has 0 radical (unpaired) electrons. The van der Waals surface area contributed by atoms with Gasteiger partial charge in [0.15, 0.2) is 29.2 Å². The van der Waals surface area contributed by atoms with Crippen molar-refractivity contribution in [2.45, 2.75) is 0 Å². The average molecular weight is 384 g/mol. The molecule has 6 heteroatoms. The molecule has 27 heavy (non-hydrogen) atoms. The predicted octanol–water partition coefficient (Wildman–Crippen LogP) is 0.721. The van der Waals surface area contributed by atoms with E-state index in [2.05, 4.69) is 36.0 Å². The number of aryl methyl sites for hydroxylation is 1. The maximum Gasteiger partial charge on any atom is 0.231 e. The van der Waals surface area contributed by atoms with Crippen LogP contribution in [0.4, 0.5) is 0 Å². The molecule has 5 nitrogen and oxygen atoms in total. The molecule has 3 aromatic carbocycles. The normalized spacial score (nSPS) is 12.4. The van der Waals surface area contributed by atoms with Crippen LogP contribution in [-0.2, 0) is 7.05 Å². The second kappa shape index (κ2) is 6.35. The first kappa shape index (κ1) is 17.5. The molecule has 0 amide bonds. The molecule has 1 aromatic heterocycles. The van der Waals surface area contributed by atoms with Crippen molar-refractivity contribution in [3.63, 3.8) is 0 Å². The van der Waals surface area contributed by atoms with Crippen LogP contribution in [0.5, 0.6) is 23.0 Å². The molecule has 0 bridgehead atoms. The highest BCUT2D eigenvalue weighted by atomic mass is 35.5. The number of rotatable bonds is 2. The molecule has 0 saturated carbocycles. The lowest BCUT2D eigenvalue weighted by atomic mass is 10.0. The van der Waals surface area contributed by atoms with E-state index in [1.807, 2.05) is 18.2 Å². The molecule has 1 aliphatic heterocycles. The van der Waals surface area contributed by atoms with E-state index in [1.54, 1.807) is 14.2 Å². The van der Waals surface area contributed by atoms with E-state index in [1.165, 1.54) is 0 Å². The van der Waals surface area contributed by atoms with Crippen molar-refractivity contribution < 1.29 is 35.9 Å². The molecule has 0 fully saturated rings. The fraction of sp³-hybridized carbons (Fsp3) is 0.190. The highest BCUT2D eigenvalue weighted by molar-refractivity contribution is 6.14. The summed E-state index contributed by atoms with van der Waals surface area (Å²) < 4.78 is 24.2. The van der Waals surface area contributed by atoms with Crippen molar-refractivity contribution in [2.24, 2.45) is 7.05 Å². The van der Waals surface area contributed by atoms with Gasteiger partial charge in [0.05, 0.1) is 30.4 Å². The number of halogens is 1. The molecular weight excluding hydrogens is 366 g/mol. The van der Waals surface area contributed by atoms with Gasteiger partial charge in [-0.05, 0) is 35.7 Å². The van der Waals surface area contributed by atoms with Crippen molar-refractivity contribution >= 4 is 32.4 Å². The largest absolute Gasteiger partial charge is 1.00 e. The van der Waals surface area contributed by atoms with Crippen LogP contribution in [0.1, 0.15) is 0 Å². The standard InChI is InChI=1S/C21H18NO4.ClH/c1-22-10-13-7-17(23-2)18(24-3)8-15(13)14-5-4-12-6-19-20(26-11-25-19)9-16(12)21(14)22;/h4-10H,11H2,1-3H3;1H/q+1;/p-1. The second-order valence-corrected chi connectivity index (χ2v) is 6.42. The minimum atomic E-state index is 0. The summed E-state index contributed by atoms with van der Waals surface area (Å²) in [4.78, 5) is 0. The quantitative estimate of drug-likeness (QED) is 0.378. The number of ether oxygens (including phenoxy) is 4. The Bertz CT molecular complexity index is 1210. The third kappa shape index (κ3) is 2.50. The Balaban J connectivity index is 0.00000180. The van der Waals surface area contributed by atoms with Gasteiger partial charge in [-0.1, -0.05) is 6.07 Å². The van der Waals surface area contributed by atoms with Crippen LogP contribution in [0, 0.1) is 0 Å². The number of methoxy groups -OCH3 is 2. The van der Waals surface area contributed by atoms with Gasteiger partial charge < -0.3 is 31.4 Å². The third-order valence-corrected chi connectivity index (χ3v) is 5.02. The number of fused-ring (bicyclic) bond motifs is 6. The zero-order valence-corrected chi connectivity index (χ0v) is 16.0. The summed E-state index contributed by atoms with van der Waals surface area (Å²) in [6, 6.07) is 12.4. The zero-order valence-electron chi connectivity index (χ0n) is 15.2. The first-order chi connectivity index (χ1) is 12.7. The number of hydrogen-bond acceptors (Lipinski definition) is 4. The molecular formula is C21H18ClNO4. The Morgan fingerprint density at radius 2 is 1.52 bits per heavy atom. The van der Waals surface area contributed by atoms with Crippen LogP contribution in [0.3, 0.4) is 0 Å². The Labute approximate surface area is 162 Å². The van der Waals surface area contributed by atoms with Gasteiger partial charge in [0, 0.05) is 5.39 Å². The molecule has 0 N–H and O–H groups in total. The van der Waals surface area contributed by atoms with E-state index >= 15 is 0 Å². The van der Waals surface area contributed by atoms with Crippen molar-refractivity contribution in [2.75, 3.05) is 21.0 Å². The van der Waals surface area contributed by atoms with Gasteiger partial charge in [0.1, 0.15) is 7.05 Å². The van der Waals surface area contributed by atoms with E-state index in [9.17, 15) is 0 Å². The van der Waals surface area contributed by atoms with Crippen molar-refractivity contribution in [3.05, 3.63) is 42.6 Å². The number of hydrogen-bond donors (Lipinski definition) is 0. The third-order valence-electron chi connectivity index (χ3n) is 5.02.